The zero-order chi connectivity index (χ0) is 24.3. The van der Waals surface area contributed by atoms with Crippen molar-refractivity contribution in [1.29, 1.82) is 0 Å². The molecule has 0 saturated heterocycles. The van der Waals surface area contributed by atoms with Crippen LogP contribution in [-0.2, 0) is 24.3 Å². The second kappa shape index (κ2) is 13.3. The van der Waals surface area contributed by atoms with Gasteiger partial charge >= 0.3 is 0 Å². The van der Waals surface area contributed by atoms with E-state index in [1.165, 1.54) is 11.6 Å². The van der Waals surface area contributed by atoms with E-state index in [1.807, 2.05) is 47.1 Å². The summed E-state index contributed by atoms with van der Waals surface area (Å²) in [4.78, 5) is 17.3. The lowest BCUT2D eigenvalue weighted by molar-refractivity contribution is -0.133. The van der Waals surface area contributed by atoms with Crippen molar-refractivity contribution < 1.29 is 13.6 Å². The van der Waals surface area contributed by atoms with Crippen molar-refractivity contribution in [2.45, 2.75) is 52.6 Å². The van der Waals surface area contributed by atoms with Gasteiger partial charge in [0.05, 0.1) is 13.1 Å². The van der Waals surface area contributed by atoms with Gasteiger partial charge in [-0.25, -0.2) is 4.39 Å². The lowest BCUT2D eigenvalue weighted by Gasteiger charge is -2.27. The third-order valence-corrected chi connectivity index (χ3v) is 6.24. The van der Waals surface area contributed by atoms with Crippen LogP contribution in [-0.4, -0.2) is 35.3 Å². The Labute approximate surface area is 207 Å². The molecular weight excluding hydrogens is 451 g/mol. The van der Waals surface area contributed by atoms with Crippen LogP contribution < -0.4 is 0 Å². The van der Waals surface area contributed by atoms with Crippen LogP contribution in [0.3, 0.4) is 0 Å². The summed E-state index contributed by atoms with van der Waals surface area (Å²) in [5.74, 6) is 1.23. The molecule has 0 radical (unpaired) electrons. The van der Waals surface area contributed by atoms with Gasteiger partial charge in [-0.3, -0.25) is 9.69 Å². The minimum absolute atomic E-state index is 0.00561. The van der Waals surface area contributed by atoms with Crippen LogP contribution in [0.2, 0.25) is 5.02 Å². The van der Waals surface area contributed by atoms with E-state index in [9.17, 15) is 9.18 Å². The molecule has 0 N–H and O–H groups in total. The number of aryl methyl sites for hydroxylation is 1. The first-order chi connectivity index (χ1) is 16.5. The van der Waals surface area contributed by atoms with Crippen LogP contribution in [0.4, 0.5) is 4.39 Å². The highest BCUT2D eigenvalue weighted by Crippen LogP contribution is 2.21. The van der Waals surface area contributed by atoms with Crippen molar-refractivity contribution in [2.75, 3.05) is 19.6 Å². The zero-order valence-corrected chi connectivity index (χ0v) is 20.9. The summed E-state index contributed by atoms with van der Waals surface area (Å²) < 4.78 is 20.2. The van der Waals surface area contributed by atoms with Crippen LogP contribution in [0.15, 0.2) is 65.1 Å². The SMILES string of the molecule is CCCCCN(CC(=O)N(CCc1ccccc1)Cc1ccc(C)o1)Cc1c(F)cccc1Cl. The van der Waals surface area contributed by atoms with Gasteiger partial charge in [-0.2, -0.15) is 0 Å². The van der Waals surface area contributed by atoms with Gasteiger partial charge in [0.2, 0.25) is 5.91 Å². The summed E-state index contributed by atoms with van der Waals surface area (Å²) in [5, 5.41) is 0.389. The van der Waals surface area contributed by atoms with Crippen molar-refractivity contribution >= 4 is 17.5 Å². The van der Waals surface area contributed by atoms with Gasteiger partial charge in [0.1, 0.15) is 17.3 Å². The number of furan rings is 1. The fourth-order valence-corrected chi connectivity index (χ4v) is 4.18. The van der Waals surface area contributed by atoms with Gasteiger partial charge in [0, 0.05) is 23.7 Å². The van der Waals surface area contributed by atoms with Gasteiger partial charge in [-0.15, -0.1) is 0 Å². The number of amides is 1. The number of hydrogen-bond acceptors (Lipinski definition) is 3. The summed E-state index contributed by atoms with van der Waals surface area (Å²) in [6.45, 7) is 6.22. The van der Waals surface area contributed by atoms with Crippen LogP contribution in [0.5, 0.6) is 0 Å². The average molecular weight is 485 g/mol. The van der Waals surface area contributed by atoms with Crippen LogP contribution in [0, 0.1) is 12.7 Å². The molecule has 1 amide bonds. The number of halogens is 2. The number of rotatable bonds is 13. The van der Waals surface area contributed by atoms with Crippen molar-refractivity contribution in [3.05, 3.63) is 94.2 Å². The summed E-state index contributed by atoms with van der Waals surface area (Å²) in [6, 6.07) is 18.7. The summed E-state index contributed by atoms with van der Waals surface area (Å²) in [6.07, 6.45) is 3.82. The van der Waals surface area contributed by atoms with Crippen molar-refractivity contribution in [3.8, 4) is 0 Å². The zero-order valence-electron chi connectivity index (χ0n) is 20.1. The minimum atomic E-state index is -0.340. The van der Waals surface area contributed by atoms with Gasteiger partial charge in [-0.1, -0.05) is 67.8 Å². The number of nitrogens with zero attached hydrogens (tertiary/aromatic N) is 2. The number of unbranched alkanes of at least 4 members (excludes halogenated alkanes) is 2. The van der Waals surface area contributed by atoms with E-state index in [2.05, 4.69) is 19.1 Å². The van der Waals surface area contributed by atoms with Crippen molar-refractivity contribution in [2.24, 2.45) is 0 Å². The standard InChI is InChI=1S/C28H34ClFN2O2/c1-3-4-8-17-31(20-25-26(29)12-9-13-27(25)30)21-28(33)32(19-24-15-14-22(2)34-24)18-16-23-10-6-5-7-11-23/h5-7,9-15H,3-4,8,16-21H2,1-2H3. The van der Waals surface area contributed by atoms with E-state index in [0.29, 0.717) is 36.8 Å². The number of hydrogen-bond donors (Lipinski definition) is 0. The maximum absolute atomic E-state index is 14.5. The Morgan fingerprint density at radius 3 is 2.44 bits per heavy atom. The largest absolute Gasteiger partial charge is 0.464 e. The number of carbonyl (C=O) groups excluding carboxylic acids is 1. The number of benzene rings is 2. The summed E-state index contributed by atoms with van der Waals surface area (Å²) >= 11 is 6.29. The Balaban J connectivity index is 1.74. The molecule has 0 aliphatic carbocycles. The highest BCUT2D eigenvalue weighted by molar-refractivity contribution is 6.31. The Hall–Kier alpha value is -2.63. The molecule has 0 spiro atoms. The first-order valence-corrected chi connectivity index (χ1v) is 12.4. The Bertz CT molecular complexity index is 1020. The fraction of sp³-hybridized carbons (Fsp3) is 0.393. The van der Waals surface area contributed by atoms with Gasteiger partial charge in [-0.05, 0) is 56.1 Å². The van der Waals surface area contributed by atoms with Crippen LogP contribution >= 0.6 is 11.6 Å². The molecule has 0 aliphatic rings. The minimum Gasteiger partial charge on any atom is -0.464 e. The lowest BCUT2D eigenvalue weighted by atomic mass is 10.1. The van der Waals surface area contributed by atoms with E-state index in [4.69, 9.17) is 16.0 Å². The van der Waals surface area contributed by atoms with E-state index in [-0.39, 0.29) is 18.3 Å². The molecule has 0 bridgehead atoms. The van der Waals surface area contributed by atoms with Crippen molar-refractivity contribution in [1.82, 2.24) is 9.80 Å². The van der Waals surface area contributed by atoms with Crippen LogP contribution in [0.25, 0.3) is 0 Å². The molecule has 0 saturated carbocycles. The molecule has 3 rings (SSSR count). The summed E-state index contributed by atoms with van der Waals surface area (Å²) in [5.41, 5.74) is 1.61. The predicted octanol–water partition coefficient (Wildman–Crippen LogP) is 6.64. The Morgan fingerprint density at radius 2 is 1.76 bits per heavy atom. The third-order valence-electron chi connectivity index (χ3n) is 5.89. The molecule has 182 valence electrons. The quantitative estimate of drug-likeness (QED) is 0.255. The molecule has 1 aromatic heterocycles. The second-order valence-electron chi connectivity index (χ2n) is 8.68. The van der Waals surface area contributed by atoms with E-state index < -0.39 is 0 Å². The molecule has 0 fully saturated rings. The first kappa shape index (κ1) is 26.0. The molecule has 1 heterocycles. The fourth-order valence-electron chi connectivity index (χ4n) is 3.96. The topological polar surface area (TPSA) is 36.7 Å². The molecule has 0 unspecified atom stereocenters. The van der Waals surface area contributed by atoms with Crippen LogP contribution in [0.1, 0.15) is 48.8 Å². The first-order valence-electron chi connectivity index (χ1n) is 12.0. The molecule has 34 heavy (non-hydrogen) atoms. The normalized spacial score (nSPS) is 11.2. The van der Waals surface area contributed by atoms with E-state index in [0.717, 1.165) is 37.2 Å². The van der Waals surface area contributed by atoms with Crippen molar-refractivity contribution in [3.63, 3.8) is 0 Å². The maximum atomic E-state index is 14.5. The smallest absolute Gasteiger partial charge is 0.237 e. The average Bonchev–Trinajstić information content (AvgIpc) is 3.24. The van der Waals surface area contributed by atoms with Gasteiger partial charge < -0.3 is 9.32 Å². The second-order valence-corrected chi connectivity index (χ2v) is 9.09. The van der Waals surface area contributed by atoms with E-state index >= 15 is 0 Å². The van der Waals surface area contributed by atoms with Gasteiger partial charge in [0.25, 0.3) is 0 Å². The maximum Gasteiger partial charge on any atom is 0.237 e. The van der Waals surface area contributed by atoms with Gasteiger partial charge in [0.15, 0.2) is 0 Å². The Kier molecular flexibility index (Phi) is 10.2. The monoisotopic (exact) mass is 484 g/mol. The third kappa shape index (κ3) is 8.00. The molecule has 3 aromatic rings. The molecule has 6 heteroatoms. The highest BCUT2D eigenvalue weighted by Gasteiger charge is 2.21. The molecule has 2 aromatic carbocycles. The highest BCUT2D eigenvalue weighted by atomic mass is 35.5. The molecule has 0 aliphatic heterocycles. The Morgan fingerprint density at radius 1 is 0.971 bits per heavy atom. The molecule has 0 atom stereocenters. The lowest BCUT2D eigenvalue weighted by Crippen LogP contribution is -2.41. The molecular formula is C28H34ClFN2O2. The number of carbonyl (C=O) groups is 1. The summed E-state index contributed by atoms with van der Waals surface area (Å²) in [7, 11) is 0. The van der Waals surface area contributed by atoms with E-state index in [1.54, 1.807) is 12.1 Å². The molecule has 4 nitrogen and oxygen atoms in total. The predicted molar refractivity (Wildman–Crippen MR) is 135 cm³/mol.